The summed E-state index contributed by atoms with van der Waals surface area (Å²) in [5.41, 5.74) is 2.33. The molecule has 0 amide bonds. The lowest BCUT2D eigenvalue weighted by Crippen LogP contribution is -2.29. The van der Waals surface area contributed by atoms with Crippen LogP contribution in [-0.4, -0.2) is 22.6 Å². The molecule has 6 heteroatoms. The highest BCUT2D eigenvalue weighted by Gasteiger charge is 2.23. The maximum absolute atomic E-state index is 12.9. The lowest BCUT2D eigenvalue weighted by atomic mass is 10.1. The predicted molar refractivity (Wildman–Crippen MR) is 98.8 cm³/mol. The lowest BCUT2D eigenvalue weighted by molar-refractivity contribution is 0.411. The molecule has 136 valence electrons. The first kappa shape index (κ1) is 19.3. The number of methoxy groups -OCH3 is 2. The van der Waals surface area contributed by atoms with Crippen LogP contribution in [0.25, 0.3) is 0 Å². The molecule has 1 N–H and O–H groups in total. The van der Waals surface area contributed by atoms with Crippen LogP contribution in [0.1, 0.15) is 36.1 Å². The van der Waals surface area contributed by atoms with Gasteiger partial charge in [-0.15, -0.1) is 0 Å². The van der Waals surface area contributed by atoms with E-state index in [2.05, 4.69) is 4.72 Å². The van der Waals surface area contributed by atoms with Crippen LogP contribution in [-0.2, 0) is 10.0 Å². The van der Waals surface area contributed by atoms with E-state index in [0.29, 0.717) is 17.7 Å². The summed E-state index contributed by atoms with van der Waals surface area (Å²) in [7, 11) is -0.475. The molecule has 2 rings (SSSR count). The molecule has 0 aliphatic rings. The molecular weight excluding hydrogens is 338 g/mol. The number of hydrogen-bond acceptors (Lipinski definition) is 4. The summed E-state index contributed by atoms with van der Waals surface area (Å²) in [5.74, 6) is 1.42. The van der Waals surface area contributed by atoms with Crippen molar-refractivity contribution in [1.29, 1.82) is 0 Å². The second-order valence-electron chi connectivity index (χ2n) is 5.94. The van der Waals surface area contributed by atoms with Crippen LogP contribution >= 0.6 is 0 Å². The van der Waals surface area contributed by atoms with E-state index in [1.807, 2.05) is 38.1 Å². The Morgan fingerprint density at radius 1 is 1.00 bits per heavy atom. The first-order valence-corrected chi connectivity index (χ1v) is 9.62. The van der Waals surface area contributed by atoms with E-state index in [4.69, 9.17) is 9.47 Å². The molecular formula is C19H25NO4S. The second-order valence-corrected chi connectivity index (χ2v) is 7.63. The summed E-state index contributed by atoms with van der Waals surface area (Å²) >= 11 is 0. The highest BCUT2D eigenvalue weighted by atomic mass is 32.2. The largest absolute Gasteiger partial charge is 0.497 e. The Morgan fingerprint density at radius 2 is 1.64 bits per heavy atom. The van der Waals surface area contributed by atoms with Crippen LogP contribution in [0.2, 0.25) is 0 Å². The fourth-order valence-corrected chi connectivity index (χ4v) is 4.37. The van der Waals surface area contributed by atoms with E-state index >= 15 is 0 Å². The number of benzene rings is 2. The van der Waals surface area contributed by atoms with Crippen molar-refractivity contribution in [1.82, 2.24) is 4.72 Å². The Hall–Kier alpha value is -2.05. The molecule has 0 saturated heterocycles. The zero-order valence-electron chi connectivity index (χ0n) is 15.3. The molecule has 2 aromatic carbocycles. The fraction of sp³-hybridized carbons (Fsp3) is 0.368. The van der Waals surface area contributed by atoms with Crippen molar-refractivity contribution in [2.24, 2.45) is 0 Å². The molecule has 0 unspecified atom stereocenters. The first-order valence-electron chi connectivity index (χ1n) is 8.14. The summed E-state index contributed by atoms with van der Waals surface area (Å²) in [5, 5.41) is 0. The molecule has 5 nitrogen and oxygen atoms in total. The van der Waals surface area contributed by atoms with Crippen LogP contribution in [0.15, 0.2) is 41.3 Å². The normalized spacial score (nSPS) is 12.7. The second kappa shape index (κ2) is 7.89. The van der Waals surface area contributed by atoms with Gasteiger partial charge in [0.25, 0.3) is 0 Å². The van der Waals surface area contributed by atoms with Crippen molar-refractivity contribution in [2.75, 3.05) is 14.2 Å². The van der Waals surface area contributed by atoms with Crippen LogP contribution in [0.4, 0.5) is 0 Å². The Balaban J connectivity index is 2.34. The Morgan fingerprint density at radius 3 is 2.16 bits per heavy atom. The Labute approximate surface area is 150 Å². The minimum absolute atomic E-state index is 0.276. The van der Waals surface area contributed by atoms with Crippen molar-refractivity contribution in [3.05, 3.63) is 53.1 Å². The quantitative estimate of drug-likeness (QED) is 0.814. The van der Waals surface area contributed by atoms with Gasteiger partial charge in [-0.1, -0.05) is 19.1 Å². The van der Waals surface area contributed by atoms with Gasteiger partial charge in [0.15, 0.2) is 0 Å². The summed E-state index contributed by atoms with van der Waals surface area (Å²) in [6.07, 6.45) is 0.639. The van der Waals surface area contributed by atoms with E-state index in [0.717, 1.165) is 16.9 Å². The first-order chi connectivity index (χ1) is 11.8. The van der Waals surface area contributed by atoms with Crippen molar-refractivity contribution >= 4 is 10.0 Å². The molecule has 0 radical (unpaired) electrons. The molecule has 0 bridgehead atoms. The van der Waals surface area contributed by atoms with Gasteiger partial charge in [0.1, 0.15) is 11.5 Å². The zero-order chi connectivity index (χ0) is 18.6. The minimum atomic E-state index is -3.65. The van der Waals surface area contributed by atoms with Crippen molar-refractivity contribution in [3.8, 4) is 11.5 Å². The van der Waals surface area contributed by atoms with Gasteiger partial charge in [-0.05, 0) is 61.2 Å². The summed E-state index contributed by atoms with van der Waals surface area (Å²) < 4.78 is 39.0. The van der Waals surface area contributed by atoms with Gasteiger partial charge in [0.2, 0.25) is 10.0 Å². The molecule has 2 aromatic rings. The van der Waals surface area contributed by atoms with Crippen LogP contribution in [0, 0.1) is 13.8 Å². The molecule has 0 fully saturated rings. The van der Waals surface area contributed by atoms with Gasteiger partial charge >= 0.3 is 0 Å². The van der Waals surface area contributed by atoms with Gasteiger partial charge in [0.05, 0.1) is 19.1 Å². The van der Waals surface area contributed by atoms with Crippen LogP contribution in [0.3, 0.4) is 0 Å². The van der Waals surface area contributed by atoms with Crippen molar-refractivity contribution < 1.29 is 17.9 Å². The predicted octanol–water partition coefficient (Wildman–Crippen LogP) is 3.75. The molecule has 0 saturated carbocycles. The number of hydrogen-bond donors (Lipinski definition) is 1. The van der Waals surface area contributed by atoms with Crippen LogP contribution < -0.4 is 14.2 Å². The standard InChI is InChI=1S/C19H25NO4S/c1-6-17(15-7-9-16(23-4)10-8-15)20-25(21,22)19-12-13(2)18(24-5)11-14(19)3/h7-12,17,20H,6H2,1-5H3/t17-/m0/s1. The van der Waals surface area contributed by atoms with E-state index in [-0.39, 0.29) is 10.9 Å². The monoisotopic (exact) mass is 363 g/mol. The Bertz CT molecular complexity index is 829. The number of aryl methyl sites for hydroxylation is 2. The summed E-state index contributed by atoms with van der Waals surface area (Å²) in [4.78, 5) is 0.276. The minimum Gasteiger partial charge on any atom is -0.497 e. The van der Waals surface area contributed by atoms with E-state index in [1.54, 1.807) is 33.3 Å². The van der Waals surface area contributed by atoms with Gasteiger partial charge in [0, 0.05) is 6.04 Å². The van der Waals surface area contributed by atoms with E-state index in [9.17, 15) is 8.42 Å². The topological polar surface area (TPSA) is 64.6 Å². The highest BCUT2D eigenvalue weighted by molar-refractivity contribution is 7.89. The molecule has 0 heterocycles. The van der Waals surface area contributed by atoms with Crippen LogP contribution in [0.5, 0.6) is 11.5 Å². The van der Waals surface area contributed by atoms with Crippen molar-refractivity contribution in [2.45, 2.75) is 38.1 Å². The van der Waals surface area contributed by atoms with Gasteiger partial charge in [-0.25, -0.2) is 13.1 Å². The molecule has 0 aliphatic carbocycles. The SMILES string of the molecule is CC[C@H](NS(=O)(=O)c1cc(C)c(OC)cc1C)c1ccc(OC)cc1. The molecule has 0 aliphatic heterocycles. The molecule has 1 atom stereocenters. The summed E-state index contributed by atoms with van der Waals surface area (Å²) in [6.45, 7) is 5.55. The maximum atomic E-state index is 12.9. The Kier molecular flexibility index (Phi) is 6.08. The fourth-order valence-electron chi connectivity index (χ4n) is 2.75. The number of sulfonamides is 1. The number of nitrogens with one attached hydrogen (secondary N) is 1. The smallest absolute Gasteiger partial charge is 0.241 e. The summed E-state index contributed by atoms with van der Waals surface area (Å²) in [6, 6.07) is 10.5. The zero-order valence-corrected chi connectivity index (χ0v) is 16.1. The van der Waals surface area contributed by atoms with Gasteiger partial charge < -0.3 is 9.47 Å². The number of ether oxygens (including phenoxy) is 2. The molecule has 25 heavy (non-hydrogen) atoms. The molecule has 0 spiro atoms. The van der Waals surface area contributed by atoms with Gasteiger partial charge in [-0.3, -0.25) is 0 Å². The van der Waals surface area contributed by atoms with E-state index in [1.165, 1.54) is 0 Å². The van der Waals surface area contributed by atoms with E-state index < -0.39 is 10.0 Å². The number of rotatable bonds is 7. The third-order valence-electron chi connectivity index (χ3n) is 4.21. The van der Waals surface area contributed by atoms with Gasteiger partial charge in [-0.2, -0.15) is 0 Å². The maximum Gasteiger partial charge on any atom is 0.241 e. The van der Waals surface area contributed by atoms with Crippen molar-refractivity contribution in [3.63, 3.8) is 0 Å². The molecule has 0 aromatic heterocycles. The average Bonchev–Trinajstić information content (AvgIpc) is 2.61. The average molecular weight is 363 g/mol. The third kappa shape index (κ3) is 4.32. The highest BCUT2D eigenvalue weighted by Crippen LogP contribution is 2.28. The lowest BCUT2D eigenvalue weighted by Gasteiger charge is -2.19. The third-order valence-corrected chi connectivity index (χ3v) is 5.82.